The summed E-state index contributed by atoms with van der Waals surface area (Å²) in [6.45, 7) is 2.79. The molecule has 3 aromatic rings. The molecule has 0 unspecified atom stereocenters. The number of phenols is 1. The van der Waals surface area contributed by atoms with Crippen LogP contribution in [0.1, 0.15) is 12.6 Å². The average molecular weight is 338 g/mol. The maximum absolute atomic E-state index is 9.35. The minimum Gasteiger partial charge on any atom is -0.508 e. The van der Waals surface area contributed by atoms with E-state index in [9.17, 15) is 5.11 Å². The molecule has 3 rings (SSSR count). The second kappa shape index (κ2) is 7.91. The Kier molecular flexibility index (Phi) is 5.20. The number of phenolic OH excluding ortho intramolecular Hbond substituents is 1. The van der Waals surface area contributed by atoms with Gasteiger partial charge in [0.1, 0.15) is 5.75 Å². The lowest BCUT2D eigenvalue weighted by Crippen LogP contribution is -2.10. The van der Waals surface area contributed by atoms with Gasteiger partial charge in [-0.05, 0) is 43.3 Å². The van der Waals surface area contributed by atoms with Crippen molar-refractivity contribution in [3.63, 3.8) is 0 Å². The molecule has 0 saturated carbocycles. The number of nitrogens with zero attached hydrogens (tertiary/aromatic N) is 4. The van der Waals surface area contributed by atoms with Crippen LogP contribution in [-0.4, -0.2) is 31.6 Å². The quantitative estimate of drug-likeness (QED) is 0.565. The van der Waals surface area contributed by atoms with Crippen LogP contribution >= 0.6 is 0 Å². The number of anilines is 3. The Morgan fingerprint density at radius 2 is 1.80 bits per heavy atom. The van der Waals surface area contributed by atoms with E-state index in [1.807, 2.05) is 25.1 Å². The Labute approximate surface area is 145 Å². The topological polar surface area (TPSA) is 105 Å². The van der Waals surface area contributed by atoms with Crippen molar-refractivity contribution in [3.05, 3.63) is 54.4 Å². The summed E-state index contributed by atoms with van der Waals surface area (Å²) in [5.41, 5.74) is 1.61. The lowest BCUT2D eigenvalue weighted by atomic mass is 10.3. The molecular formula is C17H18N6O2. The van der Waals surface area contributed by atoms with Crippen molar-refractivity contribution in [2.45, 2.75) is 13.5 Å². The van der Waals surface area contributed by atoms with Crippen LogP contribution < -0.4 is 15.4 Å². The van der Waals surface area contributed by atoms with Gasteiger partial charge in [0.25, 0.3) is 0 Å². The molecule has 0 aliphatic rings. The summed E-state index contributed by atoms with van der Waals surface area (Å²) in [4.78, 5) is 17.0. The SMILES string of the molecule is CCOc1nc(NCc2ccccn2)nc(Nc2ccc(O)cc2)n1. The normalized spacial score (nSPS) is 10.3. The fraction of sp³-hybridized carbons (Fsp3) is 0.176. The molecule has 3 N–H and O–H groups in total. The molecular weight excluding hydrogens is 320 g/mol. The first-order chi connectivity index (χ1) is 12.2. The highest BCUT2D eigenvalue weighted by molar-refractivity contribution is 5.55. The second-order valence-corrected chi connectivity index (χ2v) is 5.04. The zero-order chi connectivity index (χ0) is 17.5. The van der Waals surface area contributed by atoms with Gasteiger partial charge in [0.15, 0.2) is 0 Å². The van der Waals surface area contributed by atoms with Gasteiger partial charge in [0, 0.05) is 11.9 Å². The number of benzene rings is 1. The van der Waals surface area contributed by atoms with Gasteiger partial charge in [-0.2, -0.15) is 15.0 Å². The average Bonchev–Trinajstić information content (AvgIpc) is 2.63. The molecule has 0 aliphatic carbocycles. The molecule has 8 heteroatoms. The molecule has 2 aromatic heterocycles. The summed E-state index contributed by atoms with van der Waals surface area (Å²) in [5, 5.41) is 15.5. The molecule has 0 saturated heterocycles. The first-order valence-electron chi connectivity index (χ1n) is 7.81. The Morgan fingerprint density at radius 3 is 2.52 bits per heavy atom. The minimum absolute atomic E-state index is 0.189. The highest BCUT2D eigenvalue weighted by Crippen LogP contribution is 2.19. The molecule has 8 nitrogen and oxygen atoms in total. The maximum Gasteiger partial charge on any atom is 0.323 e. The van der Waals surface area contributed by atoms with E-state index >= 15 is 0 Å². The van der Waals surface area contributed by atoms with Crippen LogP contribution in [0, 0.1) is 0 Å². The third-order valence-corrected chi connectivity index (χ3v) is 3.17. The van der Waals surface area contributed by atoms with Crippen molar-refractivity contribution in [1.82, 2.24) is 19.9 Å². The van der Waals surface area contributed by atoms with Crippen LogP contribution in [0.15, 0.2) is 48.7 Å². The van der Waals surface area contributed by atoms with E-state index in [4.69, 9.17) is 4.74 Å². The van der Waals surface area contributed by atoms with Crippen molar-refractivity contribution in [2.75, 3.05) is 17.2 Å². The number of hydrogen-bond donors (Lipinski definition) is 3. The zero-order valence-electron chi connectivity index (χ0n) is 13.7. The Hall–Kier alpha value is -3.42. The smallest absolute Gasteiger partial charge is 0.323 e. The summed E-state index contributed by atoms with van der Waals surface area (Å²) in [6.07, 6.45) is 1.73. The van der Waals surface area contributed by atoms with Gasteiger partial charge in [-0.15, -0.1) is 0 Å². The van der Waals surface area contributed by atoms with Gasteiger partial charge in [-0.25, -0.2) is 0 Å². The predicted octanol–water partition coefficient (Wildman–Crippen LogP) is 2.73. The van der Waals surface area contributed by atoms with E-state index in [0.717, 1.165) is 11.4 Å². The fourth-order valence-corrected chi connectivity index (χ4v) is 2.03. The monoisotopic (exact) mass is 338 g/mol. The van der Waals surface area contributed by atoms with E-state index in [-0.39, 0.29) is 11.8 Å². The van der Waals surface area contributed by atoms with Crippen LogP contribution in [-0.2, 0) is 6.54 Å². The summed E-state index contributed by atoms with van der Waals surface area (Å²) in [7, 11) is 0. The zero-order valence-corrected chi connectivity index (χ0v) is 13.7. The number of aromatic hydroxyl groups is 1. The molecule has 0 amide bonds. The number of rotatable bonds is 7. The summed E-state index contributed by atoms with van der Waals surface area (Å²) >= 11 is 0. The third kappa shape index (κ3) is 4.77. The number of pyridine rings is 1. The number of ether oxygens (including phenoxy) is 1. The molecule has 2 heterocycles. The van der Waals surface area contributed by atoms with Gasteiger partial charge < -0.3 is 20.5 Å². The van der Waals surface area contributed by atoms with Crippen LogP contribution in [0.2, 0.25) is 0 Å². The van der Waals surface area contributed by atoms with E-state index in [1.165, 1.54) is 0 Å². The number of nitrogens with one attached hydrogen (secondary N) is 2. The minimum atomic E-state index is 0.189. The van der Waals surface area contributed by atoms with Gasteiger partial charge >= 0.3 is 6.01 Å². The lowest BCUT2D eigenvalue weighted by Gasteiger charge is -2.10. The molecule has 128 valence electrons. The molecule has 1 aromatic carbocycles. The third-order valence-electron chi connectivity index (χ3n) is 3.17. The van der Waals surface area contributed by atoms with Crippen LogP contribution in [0.3, 0.4) is 0 Å². The molecule has 0 spiro atoms. The summed E-state index contributed by atoms with van der Waals surface area (Å²) < 4.78 is 5.40. The molecule has 0 aliphatic heterocycles. The van der Waals surface area contributed by atoms with E-state index < -0.39 is 0 Å². The van der Waals surface area contributed by atoms with Crippen molar-refractivity contribution in [3.8, 4) is 11.8 Å². The lowest BCUT2D eigenvalue weighted by molar-refractivity contribution is 0.312. The predicted molar refractivity (Wildman–Crippen MR) is 93.9 cm³/mol. The van der Waals surface area contributed by atoms with Crippen LogP contribution in [0.4, 0.5) is 17.6 Å². The Bertz CT molecular complexity index is 811. The van der Waals surface area contributed by atoms with Crippen molar-refractivity contribution in [2.24, 2.45) is 0 Å². The molecule has 0 radical (unpaired) electrons. The van der Waals surface area contributed by atoms with Crippen molar-refractivity contribution < 1.29 is 9.84 Å². The first-order valence-corrected chi connectivity index (χ1v) is 7.81. The summed E-state index contributed by atoms with van der Waals surface area (Å²) in [5.74, 6) is 0.909. The molecule has 0 fully saturated rings. The van der Waals surface area contributed by atoms with Crippen LogP contribution in [0.25, 0.3) is 0 Å². The first kappa shape index (κ1) is 16.4. The van der Waals surface area contributed by atoms with Gasteiger partial charge in [-0.1, -0.05) is 6.07 Å². The maximum atomic E-state index is 9.35. The standard InChI is InChI=1S/C17H18N6O2/c1-2-25-17-22-15(19-11-13-5-3-4-10-18-13)21-16(23-17)20-12-6-8-14(24)9-7-12/h3-10,24H,2,11H2,1H3,(H2,19,20,21,22,23). The molecule has 25 heavy (non-hydrogen) atoms. The van der Waals surface area contributed by atoms with Gasteiger partial charge in [-0.3, -0.25) is 4.98 Å². The highest BCUT2D eigenvalue weighted by Gasteiger charge is 2.08. The molecule has 0 atom stereocenters. The summed E-state index contributed by atoms with van der Waals surface area (Å²) in [6, 6.07) is 12.5. The number of hydrogen-bond acceptors (Lipinski definition) is 8. The van der Waals surface area contributed by atoms with Gasteiger partial charge in [0.2, 0.25) is 11.9 Å². The highest BCUT2D eigenvalue weighted by atomic mass is 16.5. The Morgan fingerprint density at radius 1 is 1.00 bits per heavy atom. The van der Waals surface area contributed by atoms with E-state index in [1.54, 1.807) is 30.5 Å². The van der Waals surface area contributed by atoms with Crippen molar-refractivity contribution in [1.29, 1.82) is 0 Å². The van der Waals surface area contributed by atoms with Crippen molar-refractivity contribution >= 4 is 17.6 Å². The van der Waals surface area contributed by atoms with E-state index in [0.29, 0.717) is 25.0 Å². The number of aromatic nitrogens is 4. The fourth-order valence-electron chi connectivity index (χ4n) is 2.03. The van der Waals surface area contributed by atoms with Gasteiger partial charge in [0.05, 0.1) is 18.8 Å². The van der Waals surface area contributed by atoms with E-state index in [2.05, 4.69) is 30.6 Å². The molecule has 0 bridgehead atoms. The second-order valence-electron chi connectivity index (χ2n) is 5.04. The largest absolute Gasteiger partial charge is 0.508 e. The van der Waals surface area contributed by atoms with Crippen LogP contribution in [0.5, 0.6) is 11.8 Å². The Balaban J connectivity index is 1.77.